The van der Waals surface area contributed by atoms with Crippen LogP contribution in [0, 0.1) is 0 Å². The third kappa shape index (κ3) is 7.92. The normalized spacial score (nSPS) is 14.4. The van der Waals surface area contributed by atoms with Crippen LogP contribution in [0.25, 0.3) is 0 Å². The number of carbonyl (C=O) groups excluding carboxylic acids is 4. The molecular weight excluding hydrogens is 556 g/mol. The molecule has 0 unspecified atom stereocenters. The Morgan fingerprint density at radius 3 is 1.77 bits per heavy atom. The fourth-order valence-corrected chi connectivity index (χ4v) is 5.15. The summed E-state index contributed by atoms with van der Waals surface area (Å²) in [5.41, 5.74) is 0.946. The van der Waals surface area contributed by atoms with Gasteiger partial charge in [-0.05, 0) is 43.9 Å². The fourth-order valence-electron chi connectivity index (χ4n) is 5.15. The average molecular weight is 597 g/mol. The van der Waals surface area contributed by atoms with Crippen molar-refractivity contribution in [3.63, 3.8) is 0 Å². The van der Waals surface area contributed by atoms with Crippen LogP contribution in [0.5, 0.6) is 0 Å². The van der Waals surface area contributed by atoms with Crippen molar-refractivity contribution in [2.24, 2.45) is 0 Å². The van der Waals surface area contributed by atoms with E-state index in [9.17, 15) is 19.2 Å². The van der Waals surface area contributed by atoms with Gasteiger partial charge in [-0.3, -0.25) is 14.5 Å². The minimum Gasteiger partial charge on any atom is -0.444 e. The fraction of sp³-hybridized carbons (Fsp3) is 0.314. The number of hydrogen-bond donors (Lipinski definition) is 2. The molecule has 0 aliphatic carbocycles. The summed E-state index contributed by atoms with van der Waals surface area (Å²) in [7, 11) is 1.63. The second-order valence-corrected chi connectivity index (χ2v) is 11.7. The lowest BCUT2D eigenvalue weighted by molar-refractivity contribution is -0.123. The highest BCUT2D eigenvalue weighted by Gasteiger charge is 2.38. The van der Waals surface area contributed by atoms with Crippen molar-refractivity contribution < 1.29 is 23.9 Å². The molecule has 9 nitrogen and oxygen atoms in total. The molecule has 3 aromatic rings. The summed E-state index contributed by atoms with van der Waals surface area (Å²) in [4.78, 5) is 54.2. The number of hydrogen-bond acceptors (Lipinski definition) is 5. The predicted molar refractivity (Wildman–Crippen MR) is 169 cm³/mol. The van der Waals surface area contributed by atoms with Gasteiger partial charge in [-0.15, -0.1) is 0 Å². The van der Waals surface area contributed by atoms with E-state index in [0.717, 1.165) is 21.6 Å². The molecule has 0 radical (unpaired) electrons. The number of nitrogens with one attached hydrogen (secondary N) is 2. The second kappa shape index (κ2) is 14.0. The molecule has 0 saturated carbocycles. The maximum absolute atomic E-state index is 13.8. The molecular formula is C35H40N4O5. The predicted octanol–water partition coefficient (Wildman–Crippen LogP) is 5.22. The number of nitrogens with zero attached hydrogens (tertiary/aromatic N) is 2. The molecule has 230 valence electrons. The molecule has 1 heterocycles. The first-order valence-corrected chi connectivity index (χ1v) is 14.7. The zero-order valence-corrected chi connectivity index (χ0v) is 25.7. The third-order valence-corrected chi connectivity index (χ3v) is 7.29. The molecule has 2 N–H and O–H groups in total. The van der Waals surface area contributed by atoms with Crippen molar-refractivity contribution in [2.45, 2.75) is 50.8 Å². The smallest absolute Gasteiger partial charge is 0.408 e. The minimum absolute atomic E-state index is 0.0264. The molecule has 4 rings (SSSR count). The first-order valence-electron chi connectivity index (χ1n) is 14.7. The van der Waals surface area contributed by atoms with Crippen LogP contribution in [0.4, 0.5) is 9.59 Å². The van der Waals surface area contributed by atoms with Crippen LogP contribution in [0.3, 0.4) is 0 Å². The standard InChI is InChI=1S/C35H40N4O5/c1-34(2,3)44-32(42)36-29(21-23-31(41)39-25-24-38(4)33(39)43)20-22-30(40)37-35(26-14-8-5-9-15-26,27-16-10-6-11-17-27)28-18-12-7-13-19-28/h5-19,21,23,29H,20,22,24-25H2,1-4H3,(H,36,42)(H,37,40)/b23-21+/t29-/m0/s1. The molecule has 0 aromatic heterocycles. The maximum atomic E-state index is 13.8. The molecule has 1 fully saturated rings. The van der Waals surface area contributed by atoms with E-state index in [-0.39, 0.29) is 31.3 Å². The highest BCUT2D eigenvalue weighted by molar-refractivity contribution is 6.01. The van der Waals surface area contributed by atoms with E-state index >= 15 is 0 Å². The molecule has 1 atom stereocenters. The van der Waals surface area contributed by atoms with Gasteiger partial charge in [-0.25, -0.2) is 9.59 Å². The van der Waals surface area contributed by atoms with Crippen LogP contribution in [-0.2, 0) is 19.9 Å². The van der Waals surface area contributed by atoms with E-state index in [0.29, 0.717) is 6.54 Å². The molecule has 0 spiro atoms. The Morgan fingerprint density at radius 1 is 0.841 bits per heavy atom. The minimum atomic E-state index is -0.983. The lowest BCUT2D eigenvalue weighted by Gasteiger charge is -2.37. The van der Waals surface area contributed by atoms with Gasteiger partial charge in [0.05, 0.1) is 6.04 Å². The van der Waals surface area contributed by atoms with Gasteiger partial charge in [-0.2, -0.15) is 0 Å². The van der Waals surface area contributed by atoms with Gasteiger partial charge in [0.2, 0.25) is 5.91 Å². The van der Waals surface area contributed by atoms with Gasteiger partial charge in [0.1, 0.15) is 11.1 Å². The lowest BCUT2D eigenvalue weighted by atomic mass is 9.77. The van der Waals surface area contributed by atoms with Crippen molar-refractivity contribution in [3.05, 3.63) is 120 Å². The summed E-state index contributed by atoms with van der Waals surface area (Å²) in [5, 5.41) is 6.07. The van der Waals surface area contributed by atoms with E-state index in [2.05, 4.69) is 10.6 Å². The molecule has 1 saturated heterocycles. The van der Waals surface area contributed by atoms with Gasteiger partial charge in [0.15, 0.2) is 0 Å². The van der Waals surface area contributed by atoms with Crippen molar-refractivity contribution in [1.82, 2.24) is 20.4 Å². The zero-order chi connectivity index (χ0) is 31.7. The van der Waals surface area contributed by atoms with Gasteiger partial charge in [-0.1, -0.05) is 97.1 Å². The van der Waals surface area contributed by atoms with Crippen molar-refractivity contribution in [2.75, 3.05) is 20.1 Å². The molecule has 1 aliphatic rings. The first kappa shape index (κ1) is 32.0. The zero-order valence-electron chi connectivity index (χ0n) is 25.7. The lowest BCUT2D eigenvalue weighted by Crippen LogP contribution is -2.48. The Balaban J connectivity index is 1.59. The van der Waals surface area contributed by atoms with Crippen LogP contribution in [0.15, 0.2) is 103 Å². The van der Waals surface area contributed by atoms with Gasteiger partial charge >= 0.3 is 12.1 Å². The van der Waals surface area contributed by atoms with Gasteiger partial charge in [0.25, 0.3) is 5.91 Å². The van der Waals surface area contributed by atoms with Crippen LogP contribution in [0.1, 0.15) is 50.3 Å². The number of ether oxygens (including phenoxy) is 1. The summed E-state index contributed by atoms with van der Waals surface area (Å²) in [5.74, 6) is -0.746. The number of likely N-dealkylation sites (N-methyl/N-ethyl adjacent to an activating group) is 1. The number of rotatable bonds is 10. The summed E-state index contributed by atoms with van der Waals surface area (Å²) in [6, 6.07) is 28.2. The highest BCUT2D eigenvalue weighted by Crippen LogP contribution is 2.37. The first-order chi connectivity index (χ1) is 21.0. The van der Waals surface area contributed by atoms with E-state index in [4.69, 9.17) is 4.74 Å². The largest absolute Gasteiger partial charge is 0.444 e. The summed E-state index contributed by atoms with van der Waals surface area (Å²) in [6.07, 6.45) is 2.29. The highest BCUT2D eigenvalue weighted by atomic mass is 16.6. The number of alkyl carbamates (subject to hydrolysis) is 1. The Labute approximate surface area is 258 Å². The number of amides is 5. The Morgan fingerprint density at radius 2 is 1.34 bits per heavy atom. The molecule has 3 aromatic carbocycles. The SMILES string of the molecule is CN1CCN(C(=O)/C=C/[C@H](CCC(=O)NC(c2ccccc2)(c2ccccc2)c2ccccc2)NC(=O)OC(C)(C)C)C1=O. The van der Waals surface area contributed by atoms with Crippen LogP contribution < -0.4 is 10.6 Å². The second-order valence-electron chi connectivity index (χ2n) is 11.7. The van der Waals surface area contributed by atoms with Crippen LogP contribution >= 0.6 is 0 Å². The number of imide groups is 1. The van der Waals surface area contributed by atoms with Crippen molar-refractivity contribution >= 4 is 23.9 Å². The number of urea groups is 1. The Kier molecular flexibility index (Phi) is 10.2. The van der Waals surface area contributed by atoms with E-state index in [1.807, 2.05) is 91.0 Å². The number of benzene rings is 3. The Bertz CT molecular complexity index is 1370. The Hall–Kier alpha value is -4.92. The average Bonchev–Trinajstić information content (AvgIpc) is 3.35. The number of carbonyl (C=O) groups is 4. The van der Waals surface area contributed by atoms with E-state index < -0.39 is 29.2 Å². The third-order valence-electron chi connectivity index (χ3n) is 7.29. The summed E-state index contributed by atoms with van der Waals surface area (Å²) < 4.78 is 5.43. The van der Waals surface area contributed by atoms with Crippen LogP contribution in [-0.4, -0.2) is 65.5 Å². The van der Waals surface area contributed by atoms with Gasteiger partial charge in [0, 0.05) is 32.6 Å². The molecule has 44 heavy (non-hydrogen) atoms. The van der Waals surface area contributed by atoms with Crippen molar-refractivity contribution in [1.29, 1.82) is 0 Å². The van der Waals surface area contributed by atoms with Crippen molar-refractivity contribution in [3.8, 4) is 0 Å². The monoisotopic (exact) mass is 596 g/mol. The van der Waals surface area contributed by atoms with E-state index in [1.54, 1.807) is 27.8 Å². The summed E-state index contributed by atoms with van der Waals surface area (Å²) >= 11 is 0. The quantitative estimate of drug-likeness (QED) is 0.247. The topological polar surface area (TPSA) is 108 Å². The molecule has 0 bridgehead atoms. The molecule has 9 heteroatoms. The molecule has 5 amide bonds. The van der Waals surface area contributed by atoms with Crippen LogP contribution in [0.2, 0.25) is 0 Å². The summed E-state index contributed by atoms with van der Waals surface area (Å²) in [6.45, 7) is 5.98. The molecule has 1 aliphatic heterocycles. The maximum Gasteiger partial charge on any atom is 0.408 e. The van der Waals surface area contributed by atoms with Gasteiger partial charge < -0.3 is 20.3 Å². The van der Waals surface area contributed by atoms with E-state index in [1.165, 1.54) is 17.1 Å².